The van der Waals surface area contributed by atoms with Gasteiger partial charge >= 0.3 is 0 Å². The quantitative estimate of drug-likeness (QED) is 0.0848. The highest BCUT2D eigenvalue weighted by atomic mass is 32.2. The fraction of sp³-hybridized carbons (Fsp3) is 1.00. The Morgan fingerprint density at radius 1 is 0.848 bits per heavy atom. The summed E-state index contributed by atoms with van der Waals surface area (Å²) in [5.41, 5.74) is 0. The van der Waals surface area contributed by atoms with Gasteiger partial charge in [-0.3, -0.25) is 4.57 Å². The Bertz CT molecular complexity index is 481. The van der Waals surface area contributed by atoms with E-state index in [0.29, 0.717) is 10.4 Å². The molecule has 0 fully saturated rings. The summed E-state index contributed by atoms with van der Waals surface area (Å²) in [7, 11) is 1.46. The zero-order valence-electron chi connectivity index (χ0n) is 22.6. The summed E-state index contributed by atoms with van der Waals surface area (Å²) in [5.74, 6) is 2.78. The first-order valence-corrected chi connectivity index (χ1v) is 16.3. The Hall–Kier alpha value is 0.420. The van der Waals surface area contributed by atoms with E-state index in [2.05, 4.69) is 13.8 Å². The molecule has 0 saturated heterocycles. The highest BCUT2D eigenvalue weighted by Crippen LogP contribution is 2.32. The van der Waals surface area contributed by atoms with Gasteiger partial charge in [-0.05, 0) is 23.8 Å². The van der Waals surface area contributed by atoms with Crippen molar-refractivity contribution in [1.82, 2.24) is 0 Å². The number of phosphoric ester groups is 1. The van der Waals surface area contributed by atoms with Gasteiger partial charge in [0, 0.05) is 6.42 Å². The molecule has 0 aliphatic carbocycles. The molecule has 0 heterocycles. The Labute approximate surface area is 210 Å². The van der Waals surface area contributed by atoms with E-state index in [1.54, 1.807) is 0 Å². The number of hydrogen-bond acceptors (Lipinski definition) is 4. The number of unbranched alkanes of at least 4 members (excludes halogenated alkanes) is 14. The summed E-state index contributed by atoms with van der Waals surface area (Å²) in [5, 5.41) is 0. The van der Waals surface area contributed by atoms with Crippen molar-refractivity contribution in [2.75, 3.05) is 39.3 Å². The van der Waals surface area contributed by atoms with Crippen LogP contribution in [0.5, 0.6) is 0 Å². The minimum Gasteiger partial charge on any atom is -0.756 e. The zero-order chi connectivity index (χ0) is 25.0. The summed E-state index contributed by atoms with van der Waals surface area (Å²) in [4.78, 5) is 19.8. The minimum atomic E-state index is -4.65. The van der Waals surface area contributed by atoms with Crippen molar-refractivity contribution in [2.24, 2.45) is 5.92 Å². The lowest BCUT2D eigenvalue weighted by Gasteiger charge is -2.36. The van der Waals surface area contributed by atoms with Gasteiger partial charge in [0.2, 0.25) is 0 Å². The molecule has 0 amide bonds. The minimum absolute atomic E-state index is 0.0365. The van der Waals surface area contributed by atoms with Crippen LogP contribution in [0.15, 0.2) is 0 Å². The van der Waals surface area contributed by atoms with E-state index in [4.69, 9.17) is 9.42 Å². The second-order valence-electron chi connectivity index (χ2n) is 10.9. The molecule has 0 bridgehead atoms. The second kappa shape index (κ2) is 20.6. The first-order valence-electron chi connectivity index (χ1n) is 13.6. The van der Waals surface area contributed by atoms with E-state index in [0.717, 1.165) is 12.2 Å². The number of quaternary nitrogens is 1. The second-order valence-corrected chi connectivity index (χ2v) is 13.2. The van der Waals surface area contributed by atoms with Gasteiger partial charge in [-0.25, -0.2) is 0 Å². The molecule has 0 aromatic carbocycles. The third-order valence-electron chi connectivity index (χ3n) is 6.49. The van der Waals surface area contributed by atoms with Gasteiger partial charge in [0.1, 0.15) is 12.6 Å². The molecular weight excluding hydrogens is 453 g/mol. The fourth-order valence-corrected chi connectivity index (χ4v) is 5.65. The molecule has 5 nitrogen and oxygen atoms in total. The van der Waals surface area contributed by atoms with Crippen LogP contribution in [0.1, 0.15) is 117 Å². The highest BCUT2D eigenvalue weighted by Gasteiger charge is 2.27. The van der Waals surface area contributed by atoms with E-state index in [1.165, 1.54) is 102 Å². The lowest BCUT2D eigenvalue weighted by molar-refractivity contribution is -0.897. The van der Waals surface area contributed by atoms with Gasteiger partial charge in [-0.15, -0.1) is 0 Å². The molecule has 0 aromatic heterocycles. The summed E-state index contributed by atoms with van der Waals surface area (Å²) in [6.45, 7) is 4.54. The number of thioether (sulfide) groups is 1. The van der Waals surface area contributed by atoms with Crippen molar-refractivity contribution in [3.8, 4) is 0 Å². The molecular formula is C26H56NO4PS. The van der Waals surface area contributed by atoms with Crippen LogP contribution >= 0.6 is 19.6 Å². The Morgan fingerprint density at radius 2 is 1.27 bits per heavy atom. The van der Waals surface area contributed by atoms with Crippen molar-refractivity contribution in [3.63, 3.8) is 0 Å². The van der Waals surface area contributed by atoms with E-state index in [-0.39, 0.29) is 12.6 Å². The van der Waals surface area contributed by atoms with Gasteiger partial charge in [0.25, 0.3) is 7.82 Å². The standard InChI is InChI=1S/C26H56NO4PS/c1-6-7-8-9-10-11-12-13-14-15-16-17-18-19-20-21-33-24-25(2)22-26(27(3,4)5)23-31-32(28,29)30/h25-26H,6-24H2,1-5H3,(H-,28,29,30). The van der Waals surface area contributed by atoms with Crippen molar-refractivity contribution in [1.29, 1.82) is 0 Å². The molecule has 3 atom stereocenters. The molecule has 0 aliphatic heterocycles. The molecule has 200 valence electrons. The van der Waals surface area contributed by atoms with E-state index >= 15 is 0 Å². The SMILES string of the molecule is CCCCCCCCCCCCCCCCCSCC(C)CC(COP(=O)([O-])O)[N+](C)(C)C. The maximum atomic E-state index is 10.9. The average Bonchev–Trinajstić information content (AvgIpc) is 2.71. The van der Waals surface area contributed by atoms with Crippen LogP contribution < -0.4 is 4.89 Å². The van der Waals surface area contributed by atoms with Crippen LogP contribution in [0.2, 0.25) is 0 Å². The van der Waals surface area contributed by atoms with Crippen molar-refractivity contribution < 1.29 is 23.4 Å². The van der Waals surface area contributed by atoms with E-state index < -0.39 is 7.82 Å². The maximum Gasteiger partial charge on any atom is 0.265 e. The van der Waals surface area contributed by atoms with Crippen LogP contribution in [0.4, 0.5) is 0 Å². The molecule has 0 radical (unpaired) electrons. The molecule has 0 aromatic rings. The molecule has 0 saturated carbocycles. The largest absolute Gasteiger partial charge is 0.756 e. The van der Waals surface area contributed by atoms with Gasteiger partial charge < -0.3 is 18.8 Å². The van der Waals surface area contributed by atoms with Crippen LogP contribution in [0.3, 0.4) is 0 Å². The Kier molecular flexibility index (Phi) is 20.9. The predicted molar refractivity (Wildman–Crippen MR) is 144 cm³/mol. The molecule has 0 rings (SSSR count). The van der Waals surface area contributed by atoms with Gasteiger partial charge in [0.05, 0.1) is 21.1 Å². The number of nitrogens with zero attached hydrogens (tertiary/aromatic N) is 1. The fourth-order valence-electron chi connectivity index (χ4n) is 4.18. The molecule has 3 unspecified atom stereocenters. The highest BCUT2D eigenvalue weighted by molar-refractivity contribution is 7.99. The smallest absolute Gasteiger partial charge is 0.265 e. The average molecular weight is 510 g/mol. The van der Waals surface area contributed by atoms with Crippen LogP contribution in [0.25, 0.3) is 0 Å². The number of rotatable bonds is 24. The third kappa shape index (κ3) is 23.9. The van der Waals surface area contributed by atoms with E-state index in [1.807, 2.05) is 32.9 Å². The number of likely N-dealkylation sites (N-methyl/N-ethyl adjacent to an activating group) is 1. The number of hydrogen-bond donors (Lipinski definition) is 1. The van der Waals surface area contributed by atoms with Crippen LogP contribution in [-0.2, 0) is 9.09 Å². The lowest BCUT2D eigenvalue weighted by Crippen LogP contribution is -2.48. The molecule has 0 spiro atoms. The first-order chi connectivity index (χ1) is 15.6. The first kappa shape index (κ1) is 33.4. The lowest BCUT2D eigenvalue weighted by atomic mass is 10.0. The molecule has 33 heavy (non-hydrogen) atoms. The summed E-state index contributed by atoms with van der Waals surface area (Å²) in [6.07, 6.45) is 21.9. The Morgan fingerprint density at radius 3 is 1.67 bits per heavy atom. The molecule has 1 N–H and O–H groups in total. The van der Waals surface area contributed by atoms with Crippen molar-refractivity contribution in [3.05, 3.63) is 0 Å². The maximum absolute atomic E-state index is 10.9. The summed E-state index contributed by atoms with van der Waals surface area (Å²) < 4.78 is 16.3. The van der Waals surface area contributed by atoms with Gasteiger partial charge in [-0.2, -0.15) is 11.8 Å². The normalized spacial score (nSPS) is 16.0. The van der Waals surface area contributed by atoms with E-state index in [9.17, 15) is 9.46 Å². The van der Waals surface area contributed by atoms with Gasteiger partial charge in [0.15, 0.2) is 0 Å². The number of phosphoric acid groups is 1. The van der Waals surface area contributed by atoms with Crippen molar-refractivity contribution in [2.45, 2.75) is 123 Å². The van der Waals surface area contributed by atoms with Crippen LogP contribution in [-0.4, -0.2) is 54.7 Å². The Balaban J connectivity index is 3.57. The van der Waals surface area contributed by atoms with Gasteiger partial charge in [-0.1, -0.05) is 104 Å². The molecule has 0 aliphatic rings. The molecule has 7 heteroatoms. The monoisotopic (exact) mass is 509 g/mol. The summed E-state index contributed by atoms with van der Waals surface area (Å²) >= 11 is 2.01. The van der Waals surface area contributed by atoms with Crippen LogP contribution in [0, 0.1) is 5.92 Å². The topological polar surface area (TPSA) is 69.6 Å². The zero-order valence-corrected chi connectivity index (χ0v) is 24.3. The third-order valence-corrected chi connectivity index (χ3v) is 8.35. The summed E-state index contributed by atoms with van der Waals surface area (Å²) in [6, 6.07) is 0.0424. The van der Waals surface area contributed by atoms with Crippen molar-refractivity contribution >= 4 is 19.6 Å². The predicted octanol–water partition coefficient (Wildman–Crippen LogP) is 7.17.